The lowest BCUT2D eigenvalue weighted by atomic mass is 10.1. The average molecular weight is 296 g/mol. The zero-order valence-electron chi connectivity index (χ0n) is 12.7. The fourth-order valence-corrected chi connectivity index (χ4v) is 2.85. The average Bonchev–Trinajstić information content (AvgIpc) is 2.87. The maximum Gasteiger partial charge on any atom is 0.410 e. The number of ether oxygens (including phenoxy) is 1. The molecule has 0 spiro atoms. The Hall–Kier alpha value is -2.33. The third-order valence-electron chi connectivity index (χ3n) is 4.00. The highest BCUT2D eigenvalue weighted by Gasteiger charge is 2.31. The number of carbonyl (C=O) groups is 1. The van der Waals surface area contributed by atoms with Crippen molar-refractivity contribution in [2.75, 3.05) is 20.1 Å². The Balaban J connectivity index is 1.86. The van der Waals surface area contributed by atoms with Crippen molar-refractivity contribution in [1.29, 1.82) is 0 Å². The van der Waals surface area contributed by atoms with E-state index in [1.165, 1.54) is 0 Å². The first-order chi connectivity index (χ1) is 10.7. The first-order valence-corrected chi connectivity index (χ1v) is 7.52. The van der Waals surface area contributed by atoms with Gasteiger partial charge in [0.25, 0.3) is 0 Å². The molecule has 0 aliphatic heterocycles. The first-order valence-electron chi connectivity index (χ1n) is 7.52. The van der Waals surface area contributed by atoms with Crippen molar-refractivity contribution >= 4 is 6.09 Å². The van der Waals surface area contributed by atoms with Crippen molar-refractivity contribution in [2.24, 2.45) is 5.73 Å². The predicted molar refractivity (Wildman–Crippen MR) is 86.5 cm³/mol. The molecule has 0 unspecified atom stereocenters. The minimum absolute atomic E-state index is 0.315. The van der Waals surface area contributed by atoms with Crippen LogP contribution in [0.3, 0.4) is 0 Å². The highest BCUT2D eigenvalue weighted by Crippen LogP contribution is 2.45. The van der Waals surface area contributed by atoms with Crippen LogP contribution in [-0.2, 0) is 4.74 Å². The molecular weight excluding hydrogens is 276 g/mol. The largest absolute Gasteiger partial charge is 0.436 e. The second kappa shape index (κ2) is 6.20. The summed E-state index contributed by atoms with van der Waals surface area (Å²) >= 11 is 0. The van der Waals surface area contributed by atoms with E-state index < -0.39 is 0 Å². The van der Waals surface area contributed by atoms with Gasteiger partial charge in [-0.2, -0.15) is 0 Å². The number of fused-ring (bicyclic) bond motifs is 3. The molecule has 2 N–H and O–H groups in total. The van der Waals surface area contributed by atoms with Crippen LogP contribution in [0.5, 0.6) is 0 Å². The van der Waals surface area contributed by atoms with Crippen LogP contribution in [-0.4, -0.2) is 31.1 Å². The van der Waals surface area contributed by atoms with Gasteiger partial charge in [0.15, 0.2) is 6.10 Å². The molecule has 2 aromatic carbocycles. The maximum atomic E-state index is 12.3. The monoisotopic (exact) mass is 296 g/mol. The summed E-state index contributed by atoms with van der Waals surface area (Å²) in [4.78, 5) is 13.9. The zero-order chi connectivity index (χ0) is 15.5. The van der Waals surface area contributed by atoms with Gasteiger partial charge in [0, 0.05) is 24.7 Å². The van der Waals surface area contributed by atoms with Gasteiger partial charge in [-0.25, -0.2) is 4.79 Å². The van der Waals surface area contributed by atoms with Crippen LogP contribution in [0.25, 0.3) is 11.1 Å². The Morgan fingerprint density at radius 1 is 1.09 bits per heavy atom. The van der Waals surface area contributed by atoms with Gasteiger partial charge in [-0.15, -0.1) is 0 Å². The Morgan fingerprint density at radius 3 is 2.18 bits per heavy atom. The van der Waals surface area contributed by atoms with Gasteiger partial charge in [-0.3, -0.25) is 0 Å². The summed E-state index contributed by atoms with van der Waals surface area (Å²) in [6.07, 6.45) is 0.119. The summed E-state index contributed by atoms with van der Waals surface area (Å²) in [6.45, 7) is 1.16. The van der Waals surface area contributed by atoms with E-state index in [1.54, 1.807) is 11.9 Å². The minimum atomic E-state index is -0.333. The minimum Gasteiger partial charge on any atom is -0.436 e. The van der Waals surface area contributed by atoms with Crippen LogP contribution < -0.4 is 5.73 Å². The van der Waals surface area contributed by atoms with E-state index in [-0.39, 0.29) is 12.2 Å². The molecule has 0 fully saturated rings. The number of benzene rings is 2. The first kappa shape index (κ1) is 14.6. The van der Waals surface area contributed by atoms with Gasteiger partial charge in [0.2, 0.25) is 0 Å². The molecule has 1 aliphatic carbocycles. The lowest BCUT2D eigenvalue weighted by Gasteiger charge is -2.21. The van der Waals surface area contributed by atoms with Crippen molar-refractivity contribution in [3.05, 3.63) is 59.7 Å². The molecule has 114 valence electrons. The van der Waals surface area contributed by atoms with E-state index >= 15 is 0 Å². The highest BCUT2D eigenvalue weighted by molar-refractivity contribution is 5.79. The van der Waals surface area contributed by atoms with Crippen molar-refractivity contribution in [1.82, 2.24) is 4.90 Å². The second-order valence-corrected chi connectivity index (χ2v) is 5.50. The molecule has 0 bridgehead atoms. The van der Waals surface area contributed by atoms with Crippen LogP contribution in [0.15, 0.2) is 48.5 Å². The van der Waals surface area contributed by atoms with Gasteiger partial charge in [-0.05, 0) is 24.1 Å². The fraction of sp³-hybridized carbons (Fsp3) is 0.278. The van der Waals surface area contributed by atoms with Crippen LogP contribution in [0, 0.1) is 0 Å². The van der Waals surface area contributed by atoms with Crippen molar-refractivity contribution in [3.8, 4) is 11.1 Å². The molecule has 0 saturated heterocycles. The van der Waals surface area contributed by atoms with Gasteiger partial charge < -0.3 is 15.4 Å². The number of hydrogen-bond acceptors (Lipinski definition) is 3. The van der Waals surface area contributed by atoms with Gasteiger partial charge in [0.05, 0.1) is 0 Å². The molecule has 1 aliphatic rings. The van der Waals surface area contributed by atoms with E-state index in [9.17, 15) is 4.79 Å². The lowest BCUT2D eigenvalue weighted by molar-refractivity contribution is 0.0861. The summed E-state index contributed by atoms with van der Waals surface area (Å²) in [5, 5.41) is 0. The quantitative estimate of drug-likeness (QED) is 0.942. The number of amides is 1. The van der Waals surface area contributed by atoms with Gasteiger partial charge >= 0.3 is 6.09 Å². The molecule has 22 heavy (non-hydrogen) atoms. The number of hydrogen-bond donors (Lipinski definition) is 1. The topological polar surface area (TPSA) is 55.6 Å². The molecule has 0 saturated carbocycles. The second-order valence-electron chi connectivity index (χ2n) is 5.50. The predicted octanol–water partition coefficient (Wildman–Crippen LogP) is 3.17. The van der Waals surface area contributed by atoms with Crippen LogP contribution >= 0.6 is 0 Å². The Bertz CT molecular complexity index is 639. The summed E-state index contributed by atoms with van der Waals surface area (Å²) in [5.74, 6) is 0. The van der Waals surface area contributed by atoms with Crippen LogP contribution in [0.4, 0.5) is 4.79 Å². The number of nitrogens with two attached hydrogens (primary N) is 1. The normalized spacial score (nSPS) is 12.6. The summed E-state index contributed by atoms with van der Waals surface area (Å²) in [5.41, 5.74) is 9.86. The fourth-order valence-electron chi connectivity index (χ4n) is 2.85. The molecule has 4 heteroatoms. The summed E-state index contributed by atoms with van der Waals surface area (Å²) < 4.78 is 5.77. The van der Waals surface area contributed by atoms with E-state index in [0.29, 0.717) is 13.1 Å². The van der Waals surface area contributed by atoms with E-state index in [0.717, 1.165) is 28.7 Å². The zero-order valence-corrected chi connectivity index (χ0v) is 12.7. The molecule has 1 amide bonds. The molecule has 4 nitrogen and oxygen atoms in total. The van der Waals surface area contributed by atoms with Crippen molar-refractivity contribution in [3.63, 3.8) is 0 Å². The Kier molecular flexibility index (Phi) is 4.11. The summed E-state index contributed by atoms with van der Waals surface area (Å²) in [7, 11) is 1.74. The van der Waals surface area contributed by atoms with E-state index in [1.807, 2.05) is 36.4 Å². The third kappa shape index (κ3) is 2.57. The van der Waals surface area contributed by atoms with Gasteiger partial charge in [-0.1, -0.05) is 48.5 Å². The Labute approximate surface area is 130 Å². The van der Waals surface area contributed by atoms with Crippen molar-refractivity contribution in [2.45, 2.75) is 12.5 Å². The van der Waals surface area contributed by atoms with Crippen molar-refractivity contribution < 1.29 is 9.53 Å². The number of rotatable bonds is 4. The molecule has 3 rings (SSSR count). The number of carbonyl (C=O) groups excluding carboxylic acids is 1. The van der Waals surface area contributed by atoms with Crippen LogP contribution in [0.2, 0.25) is 0 Å². The molecule has 0 atom stereocenters. The third-order valence-corrected chi connectivity index (χ3v) is 4.00. The summed E-state index contributed by atoms with van der Waals surface area (Å²) in [6, 6.07) is 16.1. The smallest absolute Gasteiger partial charge is 0.410 e. The maximum absolute atomic E-state index is 12.3. The SMILES string of the molecule is CN(CCCN)C(=O)OC1c2ccccc2-c2ccccc21. The van der Waals surface area contributed by atoms with E-state index in [2.05, 4.69) is 12.1 Å². The molecule has 0 radical (unpaired) electrons. The highest BCUT2D eigenvalue weighted by atomic mass is 16.6. The molecule has 0 heterocycles. The van der Waals surface area contributed by atoms with Gasteiger partial charge in [0.1, 0.15) is 0 Å². The van der Waals surface area contributed by atoms with E-state index in [4.69, 9.17) is 10.5 Å². The molecular formula is C18H20N2O2. The van der Waals surface area contributed by atoms with Crippen LogP contribution in [0.1, 0.15) is 23.7 Å². The Morgan fingerprint density at radius 2 is 1.64 bits per heavy atom. The molecule has 2 aromatic rings. The lowest BCUT2D eigenvalue weighted by Crippen LogP contribution is -2.30. The number of nitrogens with zero attached hydrogens (tertiary/aromatic N) is 1. The molecule has 0 aromatic heterocycles. The standard InChI is InChI=1S/C18H20N2O2/c1-20(12-6-11-19)18(21)22-17-15-9-4-2-7-13(15)14-8-3-5-10-16(14)17/h2-5,7-10,17H,6,11-12,19H2,1H3.